The lowest BCUT2D eigenvalue weighted by Gasteiger charge is -2.19. The quantitative estimate of drug-likeness (QED) is 0.807. The molecule has 0 aliphatic rings. The Morgan fingerprint density at radius 3 is 2.47 bits per heavy atom. The van der Waals surface area contributed by atoms with E-state index in [-0.39, 0.29) is 5.91 Å². The highest BCUT2D eigenvalue weighted by molar-refractivity contribution is 7.19. The number of amides is 1. The third-order valence-corrected chi connectivity index (χ3v) is 4.13. The Balaban J connectivity index is 3.11. The van der Waals surface area contributed by atoms with Crippen molar-refractivity contribution in [1.82, 2.24) is 5.32 Å². The van der Waals surface area contributed by atoms with Gasteiger partial charge in [0.25, 0.3) is 5.91 Å². The number of ether oxygens (including phenoxy) is 1. The molecule has 6 heteroatoms. The van der Waals surface area contributed by atoms with Crippen molar-refractivity contribution < 1.29 is 9.53 Å². The zero-order chi connectivity index (χ0) is 14.4. The van der Waals surface area contributed by atoms with Crippen molar-refractivity contribution in [2.24, 2.45) is 0 Å². The highest BCUT2D eigenvalue weighted by atomic mass is 32.1. The average molecular weight is 285 g/mol. The van der Waals surface area contributed by atoms with Gasteiger partial charge in [0.15, 0.2) is 5.75 Å². The standard InChI is InChI=1S/C13H23N3O2S/c1-5-8-15-12(17)11-9(14)10(18-4)13(19-11)16(6-2)7-3/h5-8,14H2,1-4H3,(H,15,17). The van der Waals surface area contributed by atoms with E-state index in [2.05, 4.69) is 24.1 Å². The summed E-state index contributed by atoms with van der Waals surface area (Å²) < 4.78 is 5.36. The van der Waals surface area contributed by atoms with E-state index < -0.39 is 0 Å². The van der Waals surface area contributed by atoms with Gasteiger partial charge in [0, 0.05) is 19.6 Å². The van der Waals surface area contributed by atoms with E-state index in [0.29, 0.717) is 22.9 Å². The molecule has 3 N–H and O–H groups in total. The maximum atomic E-state index is 12.1. The van der Waals surface area contributed by atoms with Crippen molar-refractivity contribution in [1.29, 1.82) is 0 Å². The number of nitrogens with one attached hydrogen (secondary N) is 1. The van der Waals surface area contributed by atoms with Crippen LogP contribution >= 0.6 is 11.3 Å². The molecule has 5 nitrogen and oxygen atoms in total. The SMILES string of the molecule is CCCNC(=O)c1sc(N(CC)CC)c(OC)c1N. The van der Waals surface area contributed by atoms with Crippen LogP contribution in [0, 0.1) is 0 Å². The van der Waals surface area contributed by atoms with Crippen molar-refractivity contribution in [3.05, 3.63) is 4.88 Å². The first kappa shape index (κ1) is 15.6. The molecule has 1 rings (SSSR count). The summed E-state index contributed by atoms with van der Waals surface area (Å²) in [5.41, 5.74) is 6.47. The van der Waals surface area contributed by atoms with E-state index >= 15 is 0 Å². The largest absolute Gasteiger partial charge is 0.492 e. The molecule has 108 valence electrons. The smallest absolute Gasteiger partial charge is 0.263 e. The molecule has 1 amide bonds. The number of hydrogen-bond donors (Lipinski definition) is 2. The van der Waals surface area contributed by atoms with Crippen LogP contribution in [0.5, 0.6) is 5.75 Å². The summed E-state index contributed by atoms with van der Waals surface area (Å²) in [5, 5.41) is 3.77. The molecule has 0 fully saturated rings. The fourth-order valence-electron chi connectivity index (χ4n) is 1.82. The van der Waals surface area contributed by atoms with Gasteiger partial charge >= 0.3 is 0 Å². The van der Waals surface area contributed by atoms with E-state index in [0.717, 1.165) is 24.5 Å². The lowest BCUT2D eigenvalue weighted by atomic mass is 10.3. The number of nitrogen functional groups attached to an aromatic ring is 1. The Labute approximate surface area is 118 Å². The molecular formula is C13H23N3O2S. The molecule has 0 spiro atoms. The molecular weight excluding hydrogens is 262 g/mol. The molecule has 1 heterocycles. The van der Waals surface area contributed by atoms with E-state index in [1.165, 1.54) is 11.3 Å². The predicted molar refractivity (Wildman–Crippen MR) is 81.5 cm³/mol. The molecule has 1 aromatic rings. The van der Waals surface area contributed by atoms with Gasteiger partial charge in [0.2, 0.25) is 0 Å². The maximum Gasteiger partial charge on any atom is 0.263 e. The lowest BCUT2D eigenvalue weighted by Crippen LogP contribution is -2.23. The minimum Gasteiger partial charge on any atom is -0.492 e. The van der Waals surface area contributed by atoms with Gasteiger partial charge in [-0.25, -0.2) is 0 Å². The third kappa shape index (κ3) is 3.32. The molecule has 0 atom stereocenters. The summed E-state index contributed by atoms with van der Waals surface area (Å²) in [7, 11) is 1.58. The highest BCUT2D eigenvalue weighted by Crippen LogP contribution is 2.44. The molecule has 0 saturated heterocycles. The van der Waals surface area contributed by atoms with Crippen LogP contribution in [0.2, 0.25) is 0 Å². The maximum absolute atomic E-state index is 12.1. The van der Waals surface area contributed by atoms with Crippen molar-refractivity contribution >= 4 is 27.9 Å². The Bertz CT molecular complexity index is 428. The molecule has 0 saturated carbocycles. The van der Waals surface area contributed by atoms with E-state index in [1.807, 2.05) is 6.92 Å². The Kier molecular flexibility index (Phi) is 5.95. The number of nitrogens with two attached hydrogens (primary N) is 1. The van der Waals surface area contributed by atoms with Crippen LogP contribution in [0.15, 0.2) is 0 Å². The number of rotatable bonds is 7. The van der Waals surface area contributed by atoms with Crippen LogP contribution in [0.1, 0.15) is 36.9 Å². The summed E-state index contributed by atoms with van der Waals surface area (Å²) in [5.74, 6) is 0.483. The van der Waals surface area contributed by atoms with Gasteiger partial charge in [0.1, 0.15) is 15.6 Å². The van der Waals surface area contributed by atoms with Crippen LogP contribution in [0.3, 0.4) is 0 Å². The van der Waals surface area contributed by atoms with Crippen LogP contribution < -0.4 is 20.7 Å². The fraction of sp³-hybridized carbons (Fsp3) is 0.615. The zero-order valence-corrected chi connectivity index (χ0v) is 12.9. The first-order chi connectivity index (χ1) is 9.10. The number of carbonyl (C=O) groups excluding carboxylic acids is 1. The summed E-state index contributed by atoms with van der Waals surface area (Å²) in [6.45, 7) is 8.50. The molecule has 1 aromatic heterocycles. The van der Waals surface area contributed by atoms with Gasteiger partial charge in [-0.3, -0.25) is 4.79 Å². The predicted octanol–water partition coefficient (Wildman–Crippen LogP) is 2.32. The summed E-state index contributed by atoms with van der Waals surface area (Å²) in [6.07, 6.45) is 0.900. The van der Waals surface area contributed by atoms with Gasteiger partial charge in [0.05, 0.1) is 7.11 Å². The average Bonchev–Trinajstić information content (AvgIpc) is 2.74. The summed E-state index contributed by atoms with van der Waals surface area (Å²) in [4.78, 5) is 14.7. The molecule has 0 aromatic carbocycles. The highest BCUT2D eigenvalue weighted by Gasteiger charge is 2.23. The van der Waals surface area contributed by atoms with Crippen molar-refractivity contribution in [3.63, 3.8) is 0 Å². The van der Waals surface area contributed by atoms with E-state index in [9.17, 15) is 4.79 Å². The van der Waals surface area contributed by atoms with Crippen LogP contribution in [-0.4, -0.2) is 32.7 Å². The van der Waals surface area contributed by atoms with Gasteiger partial charge in [-0.15, -0.1) is 11.3 Å². The normalized spacial score (nSPS) is 10.3. The minimum atomic E-state index is -0.124. The third-order valence-electron chi connectivity index (χ3n) is 2.88. The zero-order valence-electron chi connectivity index (χ0n) is 12.1. The van der Waals surface area contributed by atoms with Crippen molar-refractivity contribution in [2.45, 2.75) is 27.2 Å². The van der Waals surface area contributed by atoms with Gasteiger partial charge in [-0.2, -0.15) is 0 Å². The first-order valence-electron chi connectivity index (χ1n) is 6.59. The fourth-order valence-corrected chi connectivity index (χ4v) is 3.05. The Morgan fingerprint density at radius 1 is 1.37 bits per heavy atom. The van der Waals surface area contributed by atoms with Crippen molar-refractivity contribution in [3.8, 4) is 5.75 Å². The van der Waals surface area contributed by atoms with Gasteiger partial charge in [-0.05, 0) is 20.3 Å². The summed E-state index contributed by atoms with van der Waals surface area (Å²) in [6, 6.07) is 0. The topological polar surface area (TPSA) is 67.6 Å². The minimum absolute atomic E-state index is 0.124. The molecule has 0 aliphatic heterocycles. The second-order valence-electron chi connectivity index (χ2n) is 4.11. The molecule has 0 radical (unpaired) electrons. The van der Waals surface area contributed by atoms with Crippen LogP contribution in [0.4, 0.5) is 10.7 Å². The summed E-state index contributed by atoms with van der Waals surface area (Å²) >= 11 is 1.39. The number of nitrogens with zero attached hydrogens (tertiary/aromatic N) is 1. The van der Waals surface area contributed by atoms with E-state index in [1.54, 1.807) is 7.11 Å². The van der Waals surface area contributed by atoms with E-state index in [4.69, 9.17) is 10.5 Å². The van der Waals surface area contributed by atoms with Crippen LogP contribution in [0.25, 0.3) is 0 Å². The van der Waals surface area contributed by atoms with Gasteiger partial charge in [-0.1, -0.05) is 6.92 Å². The monoisotopic (exact) mass is 285 g/mol. The van der Waals surface area contributed by atoms with Crippen molar-refractivity contribution in [2.75, 3.05) is 37.4 Å². The number of anilines is 2. The van der Waals surface area contributed by atoms with Crippen LogP contribution in [-0.2, 0) is 0 Å². The molecule has 19 heavy (non-hydrogen) atoms. The molecule has 0 aliphatic carbocycles. The Hall–Kier alpha value is -1.43. The number of thiophene rings is 1. The second kappa shape index (κ2) is 7.23. The molecule has 0 unspecified atom stereocenters. The Morgan fingerprint density at radius 2 is 2.00 bits per heavy atom. The number of methoxy groups -OCH3 is 1. The molecule has 0 bridgehead atoms. The number of carbonyl (C=O) groups is 1. The lowest BCUT2D eigenvalue weighted by molar-refractivity contribution is 0.0958. The van der Waals surface area contributed by atoms with Gasteiger partial charge < -0.3 is 20.7 Å². The number of hydrogen-bond acceptors (Lipinski definition) is 5. The first-order valence-corrected chi connectivity index (χ1v) is 7.41. The second-order valence-corrected chi connectivity index (χ2v) is 5.11.